The molecule has 0 spiro atoms. The Balaban J connectivity index is 2.29. The molecule has 0 saturated carbocycles. The quantitative estimate of drug-likeness (QED) is 0.872. The highest BCUT2D eigenvalue weighted by Crippen LogP contribution is 2.14. The van der Waals surface area contributed by atoms with Crippen LogP contribution in [0.2, 0.25) is 0 Å². The third kappa shape index (κ3) is 3.97. The number of hydrogen-bond acceptors (Lipinski definition) is 4. The highest BCUT2D eigenvalue weighted by molar-refractivity contribution is 5.38. The molecular weight excluding hydrogens is 268 g/mol. The van der Waals surface area contributed by atoms with E-state index in [-0.39, 0.29) is 5.56 Å². The van der Waals surface area contributed by atoms with E-state index in [1.54, 1.807) is 0 Å². The van der Waals surface area contributed by atoms with Gasteiger partial charge >= 0.3 is 5.69 Å². The molecule has 2 rings (SSSR count). The molecule has 0 radical (unpaired) electrons. The molecule has 1 aliphatic rings. The van der Waals surface area contributed by atoms with Gasteiger partial charge in [-0.2, -0.15) is 0 Å². The van der Waals surface area contributed by atoms with Crippen molar-refractivity contribution in [3.8, 4) is 0 Å². The molecule has 1 saturated heterocycles. The van der Waals surface area contributed by atoms with E-state index in [4.69, 9.17) is 5.73 Å². The first-order valence-electron chi connectivity index (χ1n) is 7.83. The van der Waals surface area contributed by atoms with Crippen molar-refractivity contribution in [2.45, 2.75) is 52.6 Å². The first kappa shape index (κ1) is 15.8. The van der Waals surface area contributed by atoms with E-state index >= 15 is 0 Å². The number of anilines is 1. The normalized spacial score (nSPS) is 17.1. The van der Waals surface area contributed by atoms with E-state index in [9.17, 15) is 9.59 Å². The fraction of sp³-hybridized carbons (Fsp3) is 0.733. The summed E-state index contributed by atoms with van der Waals surface area (Å²) in [5.74, 6) is 0.614. The lowest BCUT2D eigenvalue weighted by Gasteiger charge is -2.21. The van der Waals surface area contributed by atoms with Crippen molar-refractivity contribution < 1.29 is 0 Å². The van der Waals surface area contributed by atoms with E-state index in [1.807, 2.05) is 13.8 Å². The van der Waals surface area contributed by atoms with Crippen LogP contribution in [0.4, 0.5) is 5.82 Å². The predicted octanol–water partition coefficient (Wildman–Crippen LogP) is 1.15. The molecule has 1 aliphatic heterocycles. The number of aromatic amines is 1. The van der Waals surface area contributed by atoms with E-state index in [1.165, 1.54) is 17.4 Å². The minimum Gasteiger partial charge on any atom is -0.385 e. The second-order valence-corrected chi connectivity index (χ2v) is 6.32. The molecule has 2 heterocycles. The van der Waals surface area contributed by atoms with Crippen LogP contribution >= 0.6 is 0 Å². The number of hydrogen-bond donors (Lipinski definition) is 2. The first-order chi connectivity index (χ1) is 9.99. The Morgan fingerprint density at radius 2 is 1.76 bits per heavy atom. The van der Waals surface area contributed by atoms with E-state index in [2.05, 4.69) is 9.88 Å². The number of likely N-dealkylation sites (tertiary alicyclic amines) is 1. The van der Waals surface area contributed by atoms with Gasteiger partial charge in [-0.1, -0.05) is 26.7 Å². The van der Waals surface area contributed by atoms with Crippen molar-refractivity contribution in [1.29, 1.82) is 0 Å². The summed E-state index contributed by atoms with van der Waals surface area (Å²) in [6, 6.07) is 0. The van der Waals surface area contributed by atoms with Gasteiger partial charge in [0, 0.05) is 13.1 Å². The fourth-order valence-electron chi connectivity index (χ4n) is 2.85. The second-order valence-electron chi connectivity index (χ2n) is 6.32. The van der Waals surface area contributed by atoms with Gasteiger partial charge in [-0.05, 0) is 31.8 Å². The lowest BCUT2D eigenvalue weighted by Crippen LogP contribution is -2.38. The molecule has 1 aromatic rings. The Labute approximate surface area is 125 Å². The van der Waals surface area contributed by atoms with Gasteiger partial charge in [0.05, 0.1) is 5.56 Å². The summed E-state index contributed by atoms with van der Waals surface area (Å²) in [5.41, 5.74) is 5.87. The summed E-state index contributed by atoms with van der Waals surface area (Å²) in [6.45, 7) is 7.06. The Morgan fingerprint density at radius 3 is 2.33 bits per heavy atom. The van der Waals surface area contributed by atoms with Crippen LogP contribution in [0.25, 0.3) is 0 Å². The first-order valence-corrected chi connectivity index (χ1v) is 7.83. The molecule has 21 heavy (non-hydrogen) atoms. The fourth-order valence-corrected chi connectivity index (χ4v) is 2.85. The van der Waals surface area contributed by atoms with E-state index in [0.717, 1.165) is 25.9 Å². The molecule has 0 aromatic carbocycles. The van der Waals surface area contributed by atoms with Crippen molar-refractivity contribution in [1.82, 2.24) is 14.5 Å². The Bertz CT molecular complexity index is 580. The maximum absolute atomic E-state index is 12.1. The summed E-state index contributed by atoms with van der Waals surface area (Å²) >= 11 is 0. The predicted molar refractivity (Wildman–Crippen MR) is 84.3 cm³/mol. The average Bonchev–Trinajstić information content (AvgIpc) is 2.68. The third-order valence-corrected chi connectivity index (χ3v) is 3.97. The van der Waals surface area contributed by atoms with Gasteiger partial charge in [0.25, 0.3) is 5.56 Å². The van der Waals surface area contributed by atoms with E-state index in [0.29, 0.717) is 30.4 Å². The number of aromatic nitrogens is 2. The number of nitrogens with one attached hydrogen (secondary N) is 1. The minimum atomic E-state index is -0.411. The molecule has 3 N–H and O–H groups in total. The molecule has 0 amide bonds. The van der Waals surface area contributed by atoms with Crippen LogP contribution in [0.5, 0.6) is 0 Å². The van der Waals surface area contributed by atoms with Crippen molar-refractivity contribution >= 4 is 5.82 Å². The topological polar surface area (TPSA) is 84.1 Å². The van der Waals surface area contributed by atoms with Gasteiger partial charge in [-0.15, -0.1) is 0 Å². The number of rotatable bonds is 4. The molecule has 118 valence electrons. The van der Waals surface area contributed by atoms with Crippen molar-refractivity contribution in [2.75, 3.05) is 18.8 Å². The maximum Gasteiger partial charge on any atom is 0.329 e. The average molecular weight is 294 g/mol. The molecule has 1 aromatic heterocycles. The number of nitrogens with zero attached hydrogens (tertiary/aromatic N) is 2. The number of H-pyrrole nitrogens is 1. The van der Waals surface area contributed by atoms with Gasteiger partial charge in [0.2, 0.25) is 0 Å². The largest absolute Gasteiger partial charge is 0.385 e. The van der Waals surface area contributed by atoms with Gasteiger partial charge in [0.1, 0.15) is 5.82 Å². The Morgan fingerprint density at radius 1 is 1.14 bits per heavy atom. The van der Waals surface area contributed by atoms with Crippen LogP contribution in [0, 0.1) is 5.92 Å². The van der Waals surface area contributed by atoms with Crippen molar-refractivity contribution in [3.05, 3.63) is 26.4 Å². The third-order valence-electron chi connectivity index (χ3n) is 3.97. The van der Waals surface area contributed by atoms with Gasteiger partial charge < -0.3 is 5.73 Å². The maximum atomic E-state index is 12.1. The lowest BCUT2D eigenvalue weighted by atomic mass is 10.2. The van der Waals surface area contributed by atoms with Crippen LogP contribution in [0.1, 0.15) is 45.1 Å². The molecule has 0 atom stereocenters. The summed E-state index contributed by atoms with van der Waals surface area (Å²) in [4.78, 5) is 28.7. The highest BCUT2D eigenvalue weighted by Gasteiger charge is 2.17. The van der Waals surface area contributed by atoms with Gasteiger partial charge in [0.15, 0.2) is 0 Å². The van der Waals surface area contributed by atoms with Crippen molar-refractivity contribution in [2.24, 2.45) is 5.92 Å². The summed E-state index contributed by atoms with van der Waals surface area (Å²) < 4.78 is 1.49. The number of nitrogen functional groups attached to an aromatic ring is 1. The zero-order valence-electron chi connectivity index (χ0n) is 13.0. The Kier molecular flexibility index (Phi) is 5.22. The van der Waals surface area contributed by atoms with Gasteiger partial charge in [-0.25, -0.2) is 4.79 Å². The summed E-state index contributed by atoms with van der Waals surface area (Å²) in [5, 5.41) is 0. The second kappa shape index (κ2) is 6.93. The standard InChI is InChI=1S/C15H26N4O2/c1-11(2)9-19-13(16)12(14(20)17-15(19)21)10-18-7-5-3-4-6-8-18/h11H,3-10,16H2,1-2H3,(H,17,20,21). The smallest absolute Gasteiger partial charge is 0.329 e. The monoisotopic (exact) mass is 294 g/mol. The summed E-state index contributed by atoms with van der Waals surface area (Å²) in [6.07, 6.45) is 4.80. The van der Waals surface area contributed by atoms with E-state index < -0.39 is 5.69 Å². The molecule has 6 nitrogen and oxygen atoms in total. The van der Waals surface area contributed by atoms with Crippen LogP contribution < -0.4 is 17.0 Å². The Hall–Kier alpha value is -1.56. The van der Waals surface area contributed by atoms with Crippen LogP contribution in [-0.2, 0) is 13.1 Å². The molecule has 0 unspecified atom stereocenters. The molecular formula is C15H26N4O2. The zero-order chi connectivity index (χ0) is 15.4. The van der Waals surface area contributed by atoms with Crippen LogP contribution in [-0.4, -0.2) is 27.5 Å². The number of nitrogens with two attached hydrogens (primary N) is 1. The molecule has 0 aliphatic carbocycles. The highest BCUT2D eigenvalue weighted by atomic mass is 16.2. The van der Waals surface area contributed by atoms with Crippen LogP contribution in [0.3, 0.4) is 0 Å². The minimum absolute atomic E-state index is 0.293. The molecule has 0 bridgehead atoms. The molecule has 1 fully saturated rings. The zero-order valence-corrected chi connectivity index (χ0v) is 13.0. The summed E-state index contributed by atoms with van der Waals surface area (Å²) in [7, 11) is 0. The van der Waals surface area contributed by atoms with Crippen LogP contribution in [0.15, 0.2) is 9.59 Å². The lowest BCUT2D eigenvalue weighted by molar-refractivity contribution is 0.275. The SMILES string of the molecule is CC(C)Cn1c(N)c(CN2CCCCCC2)c(=O)[nH]c1=O. The van der Waals surface area contributed by atoms with Gasteiger partial charge in [-0.3, -0.25) is 19.2 Å². The molecule has 6 heteroatoms. The van der Waals surface area contributed by atoms with Crippen molar-refractivity contribution in [3.63, 3.8) is 0 Å².